The van der Waals surface area contributed by atoms with Crippen LogP contribution in [0, 0.1) is 0 Å². The number of aliphatic imine (C=N–C) groups is 1. The molecule has 0 saturated heterocycles. The van der Waals surface area contributed by atoms with Crippen molar-refractivity contribution in [3.05, 3.63) is 71.1 Å². The Morgan fingerprint density at radius 2 is 1.89 bits per heavy atom. The number of ether oxygens (including phenoxy) is 2. The first kappa shape index (κ1) is 23.3. The number of hydrogen-bond donors (Lipinski definition) is 1. The average Bonchev–Trinajstić information content (AvgIpc) is 3.35. The van der Waals surface area contributed by atoms with Crippen molar-refractivity contribution < 1.29 is 14.3 Å². The molecule has 3 heterocycles. The quantitative estimate of drug-likeness (QED) is 0.665. The number of nitrogens with zero attached hydrogens (tertiary/aromatic N) is 3. The molecular weight excluding hydrogens is 440 g/mol. The van der Waals surface area contributed by atoms with E-state index in [1.807, 2.05) is 30.3 Å². The molecule has 0 bridgehead atoms. The van der Waals surface area contributed by atoms with Gasteiger partial charge >= 0.3 is 0 Å². The highest BCUT2D eigenvalue weighted by atomic mass is 16.5. The van der Waals surface area contributed by atoms with E-state index < -0.39 is 0 Å². The van der Waals surface area contributed by atoms with Crippen LogP contribution in [0.2, 0.25) is 0 Å². The second-order valence-corrected chi connectivity index (χ2v) is 10.6. The van der Waals surface area contributed by atoms with Crippen LogP contribution in [0.15, 0.2) is 53.8 Å². The molecule has 0 spiro atoms. The maximum Gasteiger partial charge on any atom is 0.236 e. The number of amides is 1. The zero-order chi connectivity index (χ0) is 24.8. The molecule has 1 atom stereocenters. The highest BCUT2D eigenvalue weighted by Crippen LogP contribution is 2.48. The monoisotopic (exact) mass is 474 g/mol. The van der Waals surface area contributed by atoms with Crippen LogP contribution in [0.3, 0.4) is 0 Å². The van der Waals surface area contributed by atoms with Crippen molar-refractivity contribution in [2.24, 2.45) is 10.7 Å². The molecule has 5 rings (SSSR count). The first-order valence-corrected chi connectivity index (χ1v) is 12.3. The molecule has 7 heteroatoms. The van der Waals surface area contributed by atoms with Crippen molar-refractivity contribution in [1.82, 2.24) is 9.80 Å². The van der Waals surface area contributed by atoms with E-state index in [4.69, 9.17) is 20.2 Å². The smallest absolute Gasteiger partial charge is 0.236 e. The van der Waals surface area contributed by atoms with Crippen LogP contribution in [0.1, 0.15) is 49.9 Å². The summed E-state index contributed by atoms with van der Waals surface area (Å²) in [5.74, 6) is 1.34. The van der Waals surface area contributed by atoms with Gasteiger partial charge in [-0.1, -0.05) is 30.3 Å². The predicted octanol–water partition coefficient (Wildman–Crippen LogP) is 3.48. The Hall–Kier alpha value is -3.48. The van der Waals surface area contributed by atoms with Crippen molar-refractivity contribution in [2.45, 2.75) is 51.7 Å². The minimum absolute atomic E-state index is 0.213. The second-order valence-electron chi connectivity index (χ2n) is 10.6. The molecular formula is C28H34N4O3. The third-order valence-electron chi connectivity index (χ3n) is 6.70. The van der Waals surface area contributed by atoms with E-state index in [1.165, 1.54) is 16.7 Å². The largest absolute Gasteiger partial charge is 0.490 e. The molecule has 1 unspecified atom stereocenters. The number of rotatable bonds is 7. The van der Waals surface area contributed by atoms with E-state index in [0.717, 1.165) is 42.2 Å². The van der Waals surface area contributed by atoms with E-state index in [2.05, 4.69) is 56.0 Å². The van der Waals surface area contributed by atoms with E-state index in [0.29, 0.717) is 13.3 Å². The lowest BCUT2D eigenvalue weighted by atomic mass is 9.80. The number of primary amides is 1. The van der Waals surface area contributed by atoms with E-state index in [-0.39, 0.29) is 23.6 Å². The molecule has 0 fully saturated rings. The Balaban J connectivity index is 1.57. The van der Waals surface area contributed by atoms with Gasteiger partial charge in [-0.3, -0.25) is 9.79 Å². The SMILES string of the molecule is CCOc1cc2c(c3c1OC(C)(C)C3)C(c1ccccc1)=NC(C)(CN1C=CN(CC(N)=O)C1)C2. The second kappa shape index (κ2) is 8.63. The summed E-state index contributed by atoms with van der Waals surface area (Å²) in [6, 6.07) is 12.6. The summed E-state index contributed by atoms with van der Waals surface area (Å²) in [4.78, 5) is 20.9. The fourth-order valence-corrected chi connectivity index (χ4v) is 5.50. The molecule has 0 aliphatic carbocycles. The Bertz CT molecular complexity index is 1200. The summed E-state index contributed by atoms with van der Waals surface area (Å²) in [5, 5.41) is 0. The minimum atomic E-state index is -0.363. The summed E-state index contributed by atoms with van der Waals surface area (Å²) in [7, 11) is 0. The topological polar surface area (TPSA) is 80.4 Å². The van der Waals surface area contributed by atoms with Gasteiger partial charge in [0.1, 0.15) is 5.60 Å². The van der Waals surface area contributed by atoms with Crippen molar-refractivity contribution in [3.8, 4) is 11.5 Å². The molecule has 2 aromatic rings. The zero-order valence-electron chi connectivity index (χ0n) is 21.0. The molecule has 7 nitrogen and oxygen atoms in total. The summed E-state index contributed by atoms with van der Waals surface area (Å²) in [6.45, 7) is 10.6. The van der Waals surface area contributed by atoms with Gasteiger partial charge in [-0.2, -0.15) is 0 Å². The minimum Gasteiger partial charge on any atom is -0.490 e. The fourth-order valence-electron chi connectivity index (χ4n) is 5.50. The van der Waals surface area contributed by atoms with Gasteiger partial charge in [-0.05, 0) is 45.7 Å². The first-order chi connectivity index (χ1) is 16.7. The van der Waals surface area contributed by atoms with Crippen molar-refractivity contribution in [2.75, 3.05) is 26.4 Å². The molecule has 184 valence electrons. The van der Waals surface area contributed by atoms with E-state index >= 15 is 0 Å². The maximum atomic E-state index is 11.4. The van der Waals surface area contributed by atoms with Crippen molar-refractivity contribution in [3.63, 3.8) is 0 Å². The average molecular weight is 475 g/mol. The van der Waals surface area contributed by atoms with Gasteiger partial charge in [0.2, 0.25) is 5.91 Å². The number of benzene rings is 2. The molecule has 3 aliphatic heterocycles. The summed E-state index contributed by atoms with van der Waals surface area (Å²) < 4.78 is 12.5. The van der Waals surface area contributed by atoms with E-state index in [1.54, 1.807) is 0 Å². The van der Waals surface area contributed by atoms with Crippen LogP contribution >= 0.6 is 0 Å². The van der Waals surface area contributed by atoms with Crippen molar-refractivity contribution >= 4 is 11.6 Å². The normalized spacial score (nSPS) is 21.9. The molecule has 35 heavy (non-hydrogen) atoms. The first-order valence-electron chi connectivity index (χ1n) is 12.3. The van der Waals surface area contributed by atoms with Crippen LogP contribution in [-0.4, -0.2) is 58.9 Å². The van der Waals surface area contributed by atoms with Crippen LogP contribution in [0.25, 0.3) is 0 Å². The van der Waals surface area contributed by atoms with Gasteiger partial charge in [0.25, 0.3) is 0 Å². The highest BCUT2D eigenvalue weighted by Gasteiger charge is 2.41. The third kappa shape index (κ3) is 4.59. The van der Waals surface area contributed by atoms with Crippen LogP contribution in [0.5, 0.6) is 11.5 Å². The summed E-state index contributed by atoms with van der Waals surface area (Å²) >= 11 is 0. The Kier molecular flexibility index (Phi) is 5.74. The molecule has 0 aromatic heterocycles. The van der Waals surface area contributed by atoms with Gasteiger partial charge in [0, 0.05) is 42.1 Å². The van der Waals surface area contributed by atoms with Gasteiger partial charge in [0.15, 0.2) is 11.5 Å². The van der Waals surface area contributed by atoms with Crippen LogP contribution in [-0.2, 0) is 17.6 Å². The van der Waals surface area contributed by atoms with E-state index in [9.17, 15) is 4.79 Å². The molecule has 1 amide bonds. The molecule has 0 saturated carbocycles. The van der Waals surface area contributed by atoms with Crippen molar-refractivity contribution in [1.29, 1.82) is 0 Å². The van der Waals surface area contributed by atoms with Gasteiger partial charge < -0.3 is 25.0 Å². The van der Waals surface area contributed by atoms with Crippen LogP contribution in [0.4, 0.5) is 0 Å². The predicted molar refractivity (Wildman–Crippen MR) is 137 cm³/mol. The number of fused-ring (bicyclic) bond motifs is 3. The maximum absolute atomic E-state index is 11.4. The number of carbonyl (C=O) groups is 1. The Morgan fingerprint density at radius 3 is 2.60 bits per heavy atom. The molecule has 3 aliphatic rings. The van der Waals surface area contributed by atoms with Gasteiger partial charge in [-0.25, -0.2) is 0 Å². The molecule has 2 aromatic carbocycles. The fraction of sp³-hybridized carbons (Fsp3) is 0.429. The number of hydrogen-bond acceptors (Lipinski definition) is 6. The van der Waals surface area contributed by atoms with Gasteiger partial charge in [-0.15, -0.1) is 0 Å². The highest BCUT2D eigenvalue weighted by molar-refractivity contribution is 6.16. The lowest BCUT2D eigenvalue weighted by Gasteiger charge is -2.36. The summed E-state index contributed by atoms with van der Waals surface area (Å²) in [5.41, 5.74) is 10.4. The zero-order valence-corrected chi connectivity index (χ0v) is 21.0. The summed E-state index contributed by atoms with van der Waals surface area (Å²) in [6.07, 6.45) is 5.54. The molecule has 0 radical (unpaired) electrons. The standard InChI is InChI=1S/C28H34N4O3/c1-5-34-22-13-20-14-28(4,17-32-12-11-31(18-32)16-23(29)33)30-25(19-9-7-6-8-10-19)24(20)21-15-27(2,3)35-26(21)22/h6-13H,5,14-18H2,1-4H3,(H2,29,33). The lowest BCUT2D eigenvalue weighted by molar-refractivity contribution is -0.118. The number of nitrogens with two attached hydrogens (primary N) is 1. The Labute approximate surface area is 207 Å². The number of carbonyl (C=O) groups excluding carboxylic acids is 1. The van der Waals surface area contributed by atoms with Crippen LogP contribution < -0.4 is 15.2 Å². The lowest BCUT2D eigenvalue weighted by Crippen LogP contribution is -2.44. The molecule has 2 N–H and O–H groups in total. The Morgan fingerprint density at radius 1 is 1.14 bits per heavy atom. The van der Waals surface area contributed by atoms with Gasteiger partial charge in [0.05, 0.1) is 31.1 Å². The third-order valence-corrected chi connectivity index (χ3v) is 6.70.